The molecule has 0 spiro atoms. The smallest absolute Gasteiger partial charge is 0.309 e. The second-order valence-corrected chi connectivity index (χ2v) is 6.64. The van der Waals surface area contributed by atoms with E-state index >= 15 is 0 Å². The van der Waals surface area contributed by atoms with Gasteiger partial charge in [0.2, 0.25) is 0 Å². The zero-order valence-electron chi connectivity index (χ0n) is 13.0. The fraction of sp³-hybridized carbons (Fsp3) is 0.438. The first-order valence-electron chi connectivity index (χ1n) is 7.58. The summed E-state index contributed by atoms with van der Waals surface area (Å²) >= 11 is 3.45. The SMILES string of the molecule is COC(=O)C1CC(F)CCC1c1nn(-c2ccc(F)cn2)cc1Br. The summed E-state index contributed by atoms with van der Waals surface area (Å²) in [4.78, 5) is 16.0. The van der Waals surface area contributed by atoms with Gasteiger partial charge in [0.25, 0.3) is 0 Å². The van der Waals surface area contributed by atoms with E-state index in [0.29, 0.717) is 28.8 Å². The number of methoxy groups -OCH3 is 1. The third-order valence-electron chi connectivity index (χ3n) is 4.28. The molecule has 0 N–H and O–H groups in total. The number of nitrogens with zero attached hydrogens (tertiary/aromatic N) is 3. The van der Waals surface area contributed by atoms with Crippen molar-refractivity contribution in [2.75, 3.05) is 7.11 Å². The summed E-state index contributed by atoms with van der Waals surface area (Å²) in [5, 5.41) is 4.48. The Morgan fingerprint density at radius 2 is 2.21 bits per heavy atom. The van der Waals surface area contributed by atoms with Gasteiger partial charge in [-0.15, -0.1) is 0 Å². The summed E-state index contributed by atoms with van der Waals surface area (Å²) in [5.74, 6) is -1.21. The maximum atomic E-state index is 13.7. The lowest BCUT2D eigenvalue weighted by atomic mass is 9.76. The molecule has 2 aromatic rings. The number of carbonyl (C=O) groups excluding carboxylic acids is 1. The Hall–Kier alpha value is -1.83. The van der Waals surface area contributed by atoms with Crippen LogP contribution in [0, 0.1) is 11.7 Å². The average molecular weight is 400 g/mol. The normalized spacial score (nSPS) is 23.9. The Labute approximate surface area is 146 Å². The number of pyridine rings is 1. The summed E-state index contributed by atoms with van der Waals surface area (Å²) in [6.07, 6.45) is 2.82. The maximum Gasteiger partial charge on any atom is 0.309 e. The van der Waals surface area contributed by atoms with E-state index in [4.69, 9.17) is 4.74 Å². The third-order valence-corrected chi connectivity index (χ3v) is 4.89. The summed E-state index contributed by atoms with van der Waals surface area (Å²) in [6.45, 7) is 0. The van der Waals surface area contributed by atoms with E-state index in [0.717, 1.165) is 6.20 Å². The number of alkyl halides is 1. The van der Waals surface area contributed by atoms with Crippen LogP contribution in [-0.2, 0) is 9.53 Å². The first kappa shape index (κ1) is 17.0. The van der Waals surface area contributed by atoms with E-state index in [9.17, 15) is 13.6 Å². The van der Waals surface area contributed by atoms with Crippen LogP contribution in [0.2, 0.25) is 0 Å². The van der Waals surface area contributed by atoms with Crippen LogP contribution in [0.5, 0.6) is 0 Å². The molecule has 8 heteroatoms. The maximum absolute atomic E-state index is 13.7. The number of carbonyl (C=O) groups is 1. The summed E-state index contributed by atoms with van der Waals surface area (Å²) in [6, 6.07) is 2.80. The minimum Gasteiger partial charge on any atom is -0.469 e. The minimum atomic E-state index is -1.01. The number of hydrogen-bond acceptors (Lipinski definition) is 4. The van der Waals surface area contributed by atoms with E-state index in [2.05, 4.69) is 26.0 Å². The van der Waals surface area contributed by atoms with Crippen molar-refractivity contribution in [3.8, 4) is 5.82 Å². The van der Waals surface area contributed by atoms with Gasteiger partial charge in [-0.2, -0.15) is 5.10 Å². The minimum absolute atomic E-state index is 0.130. The van der Waals surface area contributed by atoms with Crippen molar-refractivity contribution in [3.63, 3.8) is 0 Å². The zero-order valence-corrected chi connectivity index (χ0v) is 14.5. The molecular weight excluding hydrogens is 384 g/mol. The first-order valence-corrected chi connectivity index (χ1v) is 8.37. The topological polar surface area (TPSA) is 57.0 Å². The molecule has 1 aliphatic rings. The standard InChI is InChI=1S/C16H16BrF2N3O2/c1-24-16(23)12-6-9(18)2-4-11(12)15-13(17)8-22(21-15)14-5-3-10(19)7-20-14/h3,5,7-9,11-12H,2,4,6H2,1H3. The third kappa shape index (κ3) is 3.33. The van der Waals surface area contributed by atoms with Crippen LogP contribution in [0.4, 0.5) is 8.78 Å². The number of rotatable bonds is 3. The van der Waals surface area contributed by atoms with Gasteiger partial charge in [-0.05, 0) is 47.3 Å². The molecule has 0 saturated heterocycles. The van der Waals surface area contributed by atoms with Crippen molar-refractivity contribution in [1.29, 1.82) is 0 Å². The summed E-state index contributed by atoms with van der Waals surface area (Å²) in [5.41, 5.74) is 0.656. The van der Waals surface area contributed by atoms with Crippen molar-refractivity contribution >= 4 is 21.9 Å². The number of hydrogen-bond donors (Lipinski definition) is 0. The van der Waals surface area contributed by atoms with Gasteiger partial charge in [0.05, 0.1) is 29.4 Å². The molecular formula is C16H16BrF2N3O2. The molecule has 0 radical (unpaired) electrons. The number of esters is 1. The number of ether oxygens (including phenoxy) is 1. The Balaban J connectivity index is 1.93. The van der Waals surface area contributed by atoms with Crippen molar-refractivity contribution in [2.45, 2.75) is 31.4 Å². The Bertz CT molecular complexity index is 735. The van der Waals surface area contributed by atoms with Gasteiger partial charge >= 0.3 is 5.97 Å². The molecule has 0 bridgehead atoms. The van der Waals surface area contributed by atoms with Crippen LogP contribution in [0.1, 0.15) is 30.9 Å². The van der Waals surface area contributed by atoms with E-state index in [1.54, 1.807) is 6.20 Å². The Morgan fingerprint density at radius 1 is 1.42 bits per heavy atom. The lowest BCUT2D eigenvalue weighted by Gasteiger charge is -2.30. The van der Waals surface area contributed by atoms with Crippen molar-refractivity contribution < 1.29 is 18.3 Å². The summed E-state index contributed by atoms with van der Waals surface area (Å²) in [7, 11) is 1.30. The highest BCUT2D eigenvalue weighted by Gasteiger charge is 2.39. The van der Waals surface area contributed by atoms with Crippen LogP contribution >= 0.6 is 15.9 Å². The molecule has 2 heterocycles. The van der Waals surface area contributed by atoms with Gasteiger partial charge in [-0.1, -0.05) is 0 Å². The van der Waals surface area contributed by atoms with Crippen LogP contribution in [-0.4, -0.2) is 34.0 Å². The molecule has 1 aliphatic carbocycles. The van der Waals surface area contributed by atoms with Gasteiger partial charge in [0.1, 0.15) is 12.0 Å². The molecule has 2 aromatic heterocycles. The molecule has 3 unspecified atom stereocenters. The van der Waals surface area contributed by atoms with Crippen LogP contribution in [0.15, 0.2) is 29.0 Å². The lowest BCUT2D eigenvalue weighted by Crippen LogP contribution is -2.31. The second kappa shape index (κ2) is 6.96. The summed E-state index contributed by atoms with van der Waals surface area (Å²) < 4.78 is 33.8. The van der Waals surface area contributed by atoms with E-state index in [1.807, 2.05) is 0 Å². The molecule has 1 fully saturated rings. The van der Waals surface area contributed by atoms with E-state index in [-0.39, 0.29) is 12.3 Å². The number of aromatic nitrogens is 3. The molecule has 0 aliphatic heterocycles. The Morgan fingerprint density at radius 3 is 2.88 bits per heavy atom. The van der Waals surface area contributed by atoms with E-state index < -0.39 is 23.9 Å². The molecule has 0 aromatic carbocycles. The lowest BCUT2D eigenvalue weighted by molar-refractivity contribution is -0.148. The average Bonchev–Trinajstić information content (AvgIpc) is 2.96. The fourth-order valence-electron chi connectivity index (χ4n) is 3.10. The van der Waals surface area contributed by atoms with Gasteiger partial charge < -0.3 is 4.74 Å². The van der Waals surface area contributed by atoms with Gasteiger partial charge in [0, 0.05) is 12.1 Å². The molecule has 0 amide bonds. The highest BCUT2D eigenvalue weighted by atomic mass is 79.9. The molecule has 3 rings (SSSR count). The van der Waals surface area contributed by atoms with Crippen LogP contribution in [0.3, 0.4) is 0 Å². The molecule has 5 nitrogen and oxygen atoms in total. The first-order chi connectivity index (χ1) is 11.5. The van der Waals surface area contributed by atoms with Crippen LogP contribution in [0.25, 0.3) is 5.82 Å². The largest absolute Gasteiger partial charge is 0.469 e. The predicted octanol–water partition coefficient (Wildman–Crippen LogP) is 3.56. The zero-order chi connectivity index (χ0) is 17.3. The van der Waals surface area contributed by atoms with Crippen LogP contribution < -0.4 is 0 Å². The van der Waals surface area contributed by atoms with Crippen molar-refractivity contribution in [1.82, 2.24) is 14.8 Å². The molecule has 1 saturated carbocycles. The molecule has 128 valence electrons. The molecule has 24 heavy (non-hydrogen) atoms. The number of halogens is 3. The molecule has 3 atom stereocenters. The van der Waals surface area contributed by atoms with Gasteiger partial charge in [-0.25, -0.2) is 18.4 Å². The monoisotopic (exact) mass is 399 g/mol. The highest BCUT2D eigenvalue weighted by Crippen LogP contribution is 2.41. The quantitative estimate of drug-likeness (QED) is 0.740. The second-order valence-electron chi connectivity index (χ2n) is 5.79. The van der Waals surface area contributed by atoms with Gasteiger partial charge in [0.15, 0.2) is 5.82 Å². The predicted molar refractivity (Wildman–Crippen MR) is 86.0 cm³/mol. The van der Waals surface area contributed by atoms with E-state index in [1.165, 1.54) is 23.9 Å². The van der Waals surface area contributed by atoms with Crippen molar-refractivity contribution in [2.24, 2.45) is 5.92 Å². The fourth-order valence-corrected chi connectivity index (χ4v) is 3.66. The van der Waals surface area contributed by atoms with Gasteiger partial charge in [-0.3, -0.25) is 4.79 Å². The van der Waals surface area contributed by atoms with Crippen molar-refractivity contribution in [3.05, 3.63) is 40.5 Å². The Kier molecular flexibility index (Phi) is 4.93. The highest BCUT2D eigenvalue weighted by molar-refractivity contribution is 9.10.